The van der Waals surface area contributed by atoms with E-state index in [0.717, 1.165) is 11.4 Å². The van der Waals surface area contributed by atoms with Crippen molar-refractivity contribution in [3.8, 4) is 5.75 Å². The highest BCUT2D eigenvalue weighted by atomic mass is 16.5. The van der Waals surface area contributed by atoms with Gasteiger partial charge in [0.05, 0.1) is 24.1 Å². The van der Waals surface area contributed by atoms with E-state index in [1.807, 2.05) is 26.0 Å². The van der Waals surface area contributed by atoms with Crippen LogP contribution in [0.4, 0.5) is 11.4 Å². The summed E-state index contributed by atoms with van der Waals surface area (Å²) in [6.07, 6.45) is 0. The van der Waals surface area contributed by atoms with Gasteiger partial charge < -0.3 is 15.8 Å². The lowest BCUT2D eigenvalue weighted by atomic mass is 10.1. The molecular formula is C15H17N3O2. The van der Waals surface area contributed by atoms with Gasteiger partial charge in [-0.05, 0) is 44.2 Å². The van der Waals surface area contributed by atoms with E-state index in [-0.39, 0.29) is 5.91 Å². The summed E-state index contributed by atoms with van der Waals surface area (Å²) >= 11 is 0. The average Bonchev–Trinajstić information content (AvgIpc) is 2.41. The molecule has 104 valence electrons. The molecule has 0 bridgehead atoms. The summed E-state index contributed by atoms with van der Waals surface area (Å²) in [7, 11) is 1.51. The molecule has 1 aromatic heterocycles. The number of pyridine rings is 1. The molecule has 1 heterocycles. The Morgan fingerprint density at radius 1 is 1.25 bits per heavy atom. The van der Waals surface area contributed by atoms with Crippen LogP contribution in [-0.2, 0) is 0 Å². The Balaban J connectivity index is 2.30. The van der Waals surface area contributed by atoms with Gasteiger partial charge >= 0.3 is 0 Å². The summed E-state index contributed by atoms with van der Waals surface area (Å²) in [5.74, 6) is 0.206. The molecule has 0 unspecified atom stereocenters. The minimum atomic E-state index is -0.275. The number of carbonyl (C=O) groups excluding carboxylic acids is 1. The van der Waals surface area contributed by atoms with Crippen LogP contribution in [0, 0.1) is 13.8 Å². The quantitative estimate of drug-likeness (QED) is 0.841. The van der Waals surface area contributed by atoms with Crippen LogP contribution in [0.25, 0.3) is 0 Å². The molecule has 1 amide bonds. The van der Waals surface area contributed by atoms with E-state index in [2.05, 4.69) is 10.3 Å². The summed E-state index contributed by atoms with van der Waals surface area (Å²) in [6, 6.07) is 8.62. The van der Waals surface area contributed by atoms with Gasteiger partial charge in [-0.3, -0.25) is 9.78 Å². The van der Waals surface area contributed by atoms with Crippen molar-refractivity contribution in [1.29, 1.82) is 0 Å². The smallest absolute Gasteiger partial charge is 0.259 e. The molecule has 0 fully saturated rings. The van der Waals surface area contributed by atoms with E-state index < -0.39 is 0 Å². The second kappa shape index (κ2) is 5.61. The van der Waals surface area contributed by atoms with Gasteiger partial charge in [0, 0.05) is 11.4 Å². The number of hydrogen-bond acceptors (Lipinski definition) is 4. The zero-order valence-corrected chi connectivity index (χ0v) is 11.7. The summed E-state index contributed by atoms with van der Waals surface area (Å²) in [6.45, 7) is 3.75. The minimum absolute atomic E-state index is 0.275. The van der Waals surface area contributed by atoms with E-state index in [1.165, 1.54) is 7.11 Å². The maximum atomic E-state index is 12.3. The number of nitrogens with two attached hydrogens (primary N) is 1. The molecule has 0 aliphatic carbocycles. The second-order valence-electron chi connectivity index (χ2n) is 4.50. The second-order valence-corrected chi connectivity index (χ2v) is 4.50. The topological polar surface area (TPSA) is 77.2 Å². The molecule has 0 saturated carbocycles. The van der Waals surface area contributed by atoms with Crippen molar-refractivity contribution in [2.45, 2.75) is 13.8 Å². The number of methoxy groups -OCH3 is 1. The molecule has 0 radical (unpaired) electrons. The number of nitrogens with zero attached hydrogens (tertiary/aromatic N) is 1. The Morgan fingerprint density at radius 2 is 2.00 bits per heavy atom. The Hall–Kier alpha value is -2.56. The standard InChI is InChI=1S/C15H17N3O2/c1-9-4-6-13(10(2)17-9)18-15(19)12-8-11(16)5-7-14(12)20-3/h4-8H,16H2,1-3H3,(H,18,19). The average molecular weight is 271 g/mol. The number of nitrogen functional groups attached to an aromatic ring is 1. The number of anilines is 2. The fourth-order valence-electron chi connectivity index (χ4n) is 1.91. The third-order valence-electron chi connectivity index (χ3n) is 2.94. The fourth-order valence-corrected chi connectivity index (χ4v) is 1.91. The molecule has 3 N–H and O–H groups in total. The van der Waals surface area contributed by atoms with Crippen LogP contribution in [0.5, 0.6) is 5.75 Å². The molecule has 5 heteroatoms. The number of hydrogen-bond donors (Lipinski definition) is 2. The van der Waals surface area contributed by atoms with E-state index in [4.69, 9.17) is 10.5 Å². The normalized spacial score (nSPS) is 10.2. The van der Waals surface area contributed by atoms with Crippen LogP contribution in [0.1, 0.15) is 21.7 Å². The third-order valence-corrected chi connectivity index (χ3v) is 2.94. The lowest BCUT2D eigenvalue weighted by molar-refractivity contribution is 0.102. The molecule has 2 aromatic rings. The van der Waals surface area contributed by atoms with Crippen LogP contribution in [0.15, 0.2) is 30.3 Å². The lowest BCUT2D eigenvalue weighted by Crippen LogP contribution is -2.15. The first-order chi connectivity index (χ1) is 9.51. The number of carbonyl (C=O) groups is 1. The first kappa shape index (κ1) is 13.9. The molecule has 0 aliphatic heterocycles. The van der Waals surface area contributed by atoms with Gasteiger partial charge in [-0.25, -0.2) is 0 Å². The molecular weight excluding hydrogens is 254 g/mol. The van der Waals surface area contributed by atoms with Crippen LogP contribution in [0.2, 0.25) is 0 Å². The maximum absolute atomic E-state index is 12.3. The zero-order valence-electron chi connectivity index (χ0n) is 11.7. The number of benzene rings is 1. The van der Waals surface area contributed by atoms with Crippen molar-refractivity contribution in [1.82, 2.24) is 4.98 Å². The van der Waals surface area contributed by atoms with Crippen molar-refractivity contribution in [3.63, 3.8) is 0 Å². The van der Waals surface area contributed by atoms with Gasteiger partial charge in [-0.15, -0.1) is 0 Å². The molecule has 0 saturated heterocycles. The predicted molar refractivity (Wildman–Crippen MR) is 79.1 cm³/mol. The van der Waals surface area contributed by atoms with Crippen molar-refractivity contribution >= 4 is 17.3 Å². The molecule has 5 nitrogen and oxygen atoms in total. The lowest BCUT2D eigenvalue weighted by Gasteiger charge is -2.11. The number of ether oxygens (including phenoxy) is 1. The van der Waals surface area contributed by atoms with Gasteiger partial charge in [-0.2, -0.15) is 0 Å². The van der Waals surface area contributed by atoms with Crippen LogP contribution in [-0.4, -0.2) is 18.0 Å². The summed E-state index contributed by atoms with van der Waals surface area (Å²) in [4.78, 5) is 16.6. The van der Waals surface area contributed by atoms with Gasteiger partial charge in [0.2, 0.25) is 0 Å². The van der Waals surface area contributed by atoms with Gasteiger partial charge in [-0.1, -0.05) is 0 Å². The predicted octanol–water partition coefficient (Wildman–Crippen LogP) is 2.54. The maximum Gasteiger partial charge on any atom is 0.259 e. The van der Waals surface area contributed by atoms with Crippen molar-refractivity contribution in [3.05, 3.63) is 47.3 Å². The van der Waals surface area contributed by atoms with E-state index in [1.54, 1.807) is 18.2 Å². The zero-order chi connectivity index (χ0) is 14.7. The largest absolute Gasteiger partial charge is 0.496 e. The Labute approximate surface area is 117 Å². The van der Waals surface area contributed by atoms with E-state index in [0.29, 0.717) is 22.7 Å². The highest BCUT2D eigenvalue weighted by Gasteiger charge is 2.14. The Bertz CT molecular complexity index is 654. The number of nitrogens with one attached hydrogen (secondary N) is 1. The monoisotopic (exact) mass is 271 g/mol. The molecule has 0 spiro atoms. The molecule has 1 aromatic carbocycles. The van der Waals surface area contributed by atoms with Crippen LogP contribution >= 0.6 is 0 Å². The highest BCUT2D eigenvalue weighted by molar-refractivity contribution is 6.07. The molecule has 0 aliphatic rings. The number of amides is 1. The van der Waals surface area contributed by atoms with Crippen LogP contribution in [0.3, 0.4) is 0 Å². The van der Waals surface area contributed by atoms with Crippen molar-refractivity contribution in [2.24, 2.45) is 0 Å². The number of aryl methyl sites for hydroxylation is 2. The highest BCUT2D eigenvalue weighted by Crippen LogP contribution is 2.23. The Morgan fingerprint density at radius 3 is 2.65 bits per heavy atom. The summed E-state index contributed by atoms with van der Waals surface area (Å²) < 4.78 is 5.18. The van der Waals surface area contributed by atoms with Crippen molar-refractivity contribution in [2.75, 3.05) is 18.2 Å². The number of aromatic nitrogens is 1. The van der Waals surface area contributed by atoms with Gasteiger partial charge in [0.15, 0.2) is 0 Å². The van der Waals surface area contributed by atoms with E-state index in [9.17, 15) is 4.79 Å². The van der Waals surface area contributed by atoms with E-state index >= 15 is 0 Å². The van der Waals surface area contributed by atoms with Gasteiger partial charge in [0.25, 0.3) is 5.91 Å². The molecule has 20 heavy (non-hydrogen) atoms. The van der Waals surface area contributed by atoms with Crippen molar-refractivity contribution < 1.29 is 9.53 Å². The molecule has 2 rings (SSSR count). The summed E-state index contributed by atoms with van der Waals surface area (Å²) in [5, 5.41) is 2.82. The minimum Gasteiger partial charge on any atom is -0.496 e. The first-order valence-electron chi connectivity index (χ1n) is 6.20. The van der Waals surface area contributed by atoms with Crippen LogP contribution < -0.4 is 15.8 Å². The number of rotatable bonds is 3. The fraction of sp³-hybridized carbons (Fsp3) is 0.200. The SMILES string of the molecule is COc1ccc(N)cc1C(=O)Nc1ccc(C)nc1C. The molecule has 0 atom stereocenters. The summed E-state index contributed by atoms with van der Waals surface area (Å²) in [5.41, 5.74) is 8.96. The first-order valence-corrected chi connectivity index (χ1v) is 6.20. The third kappa shape index (κ3) is 2.88. The van der Waals surface area contributed by atoms with Gasteiger partial charge in [0.1, 0.15) is 5.75 Å². The Kier molecular flexibility index (Phi) is 3.89.